The lowest BCUT2D eigenvalue weighted by molar-refractivity contribution is 0.734. The molecule has 96 valence electrons. The topological polar surface area (TPSA) is 56.7 Å². The molecule has 1 unspecified atom stereocenters. The van der Waals surface area contributed by atoms with E-state index in [1.54, 1.807) is 0 Å². The van der Waals surface area contributed by atoms with E-state index < -0.39 is 0 Å². The van der Waals surface area contributed by atoms with Gasteiger partial charge in [0.1, 0.15) is 0 Å². The number of fused-ring (bicyclic) bond motifs is 1. The van der Waals surface area contributed by atoms with Gasteiger partial charge in [0.25, 0.3) is 0 Å². The van der Waals surface area contributed by atoms with E-state index in [1.165, 1.54) is 0 Å². The van der Waals surface area contributed by atoms with Crippen LogP contribution in [0.25, 0.3) is 10.9 Å². The van der Waals surface area contributed by atoms with Crippen molar-refractivity contribution in [2.45, 2.75) is 13.0 Å². The zero-order valence-electron chi connectivity index (χ0n) is 11.0. The smallest absolute Gasteiger partial charge is 0.0702 e. The summed E-state index contributed by atoms with van der Waals surface area (Å²) < 4.78 is 1.84. The van der Waals surface area contributed by atoms with Crippen LogP contribution >= 0.6 is 0 Å². The van der Waals surface area contributed by atoms with E-state index in [0.717, 1.165) is 27.7 Å². The molecule has 2 N–H and O–H groups in total. The normalized spacial score (nSPS) is 12.8. The Balaban J connectivity index is 2.06. The largest absolute Gasteiger partial charge is 0.320 e. The molecule has 0 aliphatic rings. The minimum Gasteiger partial charge on any atom is -0.320 e. The van der Waals surface area contributed by atoms with Crippen molar-refractivity contribution in [3.8, 4) is 0 Å². The van der Waals surface area contributed by atoms with Gasteiger partial charge >= 0.3 is 0 Å². The Labute approximate surface area is 111 Å². The highest BCUT2D eigenvalue weighted by Crippen LogP contribution is 2.24. The van der Waals surface area contributed by atoms with Gasteiger partial charge in [-0.1, -0.05) is 18.2 Å². The molecular weight excluding hydrogens is 236 g/mol. The lowest BCUT2D eigenvalue weighted by atomic mass is 10.0. The van der Waals surface area contributed by atoms with Crippen molar-refractivity contribution in [2.24, 2.45) is 12.8 Å². The van der Waals surface area contributed by atoms with Gasteiger partial charge in [-0.15, -0.1) is 0 Å². The molecule has 0 fully saturated rings. The highest BCUT2D eigenvalue weighted by molar-refractivity contribution is 5.78. The third-order valence-corrected chi connectivity index (χ3v) is 3.58. The fraction of sp³-hybridized carbons (Fsp3) is 0.200. The van der Waals surface area contributed by atoms with Gasteiger partial charge in [-0.3, -0.25) is 9.67 Å². The first kappa shape index (κ1) is 11.9. The Bertz CT molecular complexity index is 730. The number of hydrogen-bond acceptors (Lipinski definition) is 3. The maximum absolute atomic E-state index is 6.33. The summed E-state index contributed by atoms with van der Waals surface area (Å²) in [6.07, 6.45) is 3.68. The summed E-state index contributed by atoms with van der Waals surface area (Å²) in [4.78, 5) is 4.46. The third-order valence-electron chi connectivity index (χ3n) is 3.58. The highest BCUT2D eigenvalue weighted by Gasteiger charge is 2.15. The van der Waals surface area contributed by atoms with Crippen LogP contribution in [0.4, 0.5) is 0 Å². The summed E-state index contributed by atoms with van der Waals surface area (Å²) >= 11 is 0. The van der Waals surface area contributed by atoms with Crippen molar-refractivity contribution in [1.82, 2.24) is 14.8 Å². The number of nitrogens with zero attached hydrogens (tertiary/aromatic N) is 3. The second-order valence-electron chi connectivity index (χ2n) is 4.75. The standard InChI is InChI=1S/C15H16N4/c1-10-13(9-18-19(10)2)15(16)12-7-11-5-3-4-6-14(11)17-8-12/h3-9,15H,16H2,1-2H3. The fourth-order valence-electron chi connectivity index (χ4n) is 2.26. The first-order chi connectivity index (χ1) is 9.16. The zero-order chi connectivity index (χ0) is 13.4. The quantitative estimate of drug-likeness (QED) is 0.761. The van der Waals surface area contributed by atoms with Crippen LogP contribution in [-0.2, 0) is 7.05 Å². The Hall–Kier alpha value is -2.20. The number of aryl methyl sites for hydroxylation is 1. The zero-order valence-corrected chi connectivity index (χ0v) is 11.0. The summed E-state index contributed by atoms with van der Waals surface area (Å²) in [5.41, 5.74) is 10.4. The van der Waals surface area contributed by atoms with E-state index in [2.05, 4.69) is 22.2 Å². The molecule has 3 aromatic rings. The van der Waals surface area contributed by atoms with E-state index in [-0.39, 0.29) is 6.04 Å². The van der Waals surface area contributed by atoms with E-state index in [9.17, 15) is 0 Å². The van der Waals surface area contributed by atoms with Gasteiger partial charge in [0, 0.05) is 29.9 Å². The number of hydrogen-bond donors (Lipinski definition) is 1. The van der Waals surface area contributed by atoms with Crippen LogP contribution in [0.1, 0.15) is 22.9 Å². The average Bonchev–Trinajstić information content (AvgIpc) is 2.78. The molecular formula is C15H16N4. The van der Waals surface area contributed by atoms with Gasteiger partial charge in [0.15, 0.2) is 0 Å². The summed E-state index contributed by atoms with van der Waals surface area (Å²) in [5, 5.41) is 5.35. The molecule has 0 aliphatic carbocycles. The van der Waals surface area contributed by atoms with Crippen LogP contribution in [0, 0.1) is 6.92 Å². The number of para-hydroxylation sites is 1. The Kier molecular flexibility index (Phi) is 2.80. The Morgan fingerprint density at radius 3 is 2.74 bits per heavy atom. The predicted molar refractivity (Wildman–Crippen MR) is 75.7 cm³/mol. The molecule has 1 atom stereocenters. The van der Waals surface area contributed by atoms with Crippen molar-refractivity contribution in [3.63, 3.8) is 0 Å². The van der Waals surface area contributed by atoms with Crippen molar-refractivity contribution in [1.29, 1.82) is 0 Å². The Morgan fingerprint density at radius 1 is 1.21 bits per heavy atom. The number of pyridine rings is 1. The van der Waals surface area contributed by atoms with Crippen molar-refractivity contribution in [3.05, 3.63) is 59.5 Å². The maximum atomic E-state index is 6.33. The first-order valence-corrected chi connectivity index (χ1v) is 6.25. The second-order valence-corrected chi connectivity index (χ2v) is 4.75. The summed E-state index contributed by atoms with van der Waals surface area (Å²) in [7, 11) is 1.92. The third kappa shape index (κ3) is 2.00. The van der Waals surface area contributed by atoms with E-state index >= 15 is 0 Å². The van der Waals surface area contributed by atoms with Crippen LogP contribution in [-0.4, -0.2) is 14.8 Å². The van der Waals surface area contributed by atoms with Gasteiger partial charge < -0.3 is 5.73 Å². The molecule has 0 bridgehead atoms. The van der Waals surface area contributed by atoms with Crippen molar-refractivity contribution in [2.75, 3.05) is 0 Å². The predicted octanol–water partition coefficient (Wildman–Crippen LogP) is 2.32. The van der Waals surface area contributed by atoms with Gasteiger partial charge in [0.05, 0.1) is 17.8 Å². The molecule has 0 spiro atoms. The van der Waals surface area contributed by atoms with Crippen molar-refractivity contribution < 1.29 is 0 Å². The van der Waals surface area contributed by atoms with Crippen LogP contribution in [0.15, 0.2) is 42.7 Å². The molecule has 4 heteroatoms. The van der Waals surface area contributed by atoms with Crippen LogP contribution in [0.5, 0.6) is 0 Å². The average molecular weight is 252 g/mol. The lowest BCUT2D eigenvalue weighted by Crippen LogP contribution is -2.13. The summed E-state index contributed by atoms with van der Waals surface area (Å²) in [6, 6.07) is 9.95. The minimum absolute atomic E-state index is 0.189. The molecule has 2 aromatic heterocycles. The monoisotopic (exact) mass is 252 g/mol. The fourth-order valence-corrected chi connectivity index (χ4v) is 2.26. The molecule has 2 heterocycles. The van der Waals surface area contributed by atoms with Crippen LogP contribution < -0.4 is 5.73 Å². The molecule has 0 radical (unpaired) electrons. The first-order valence-electron chi connectivity index (χ1n) is 6.25. The summed E-state index contributed by atoms with van der Waals surface area (Å²) in [5.74, 6) is 0. The number of nitrogens with two attached hydrogens (primary N) is 1. The van der Waals surface area contributed by atoms with E-state index in [0.29, 0.717) is 0 Å². The molecule has 0 aliphatic heterocycles. The number of rotatable bonds is 2. The second kappa shape index (κ2) is 4.48. The van der Waals surface area contributed by atoms with Gasteiger partial charge in [-0.2, -0.15) is 5.10 Å². The molecule has 1 aromatic carbocycles. The van der Waals surface area contributed by atoms with Gasteiger partial charge in [-0.25, -0.2) is 0 Å². The van der Waals surface area contributed by atoms with E-state index in [1.807, 2.05) is 49.2 Å². The highest BCUT2D eigenvalue weighted by atomic mass is 15.3. The molecule has 19 heavy (non-hydrogen) atoms. The van der Waals surface area contributed by atoms with Crippen LogP contribution in [0.2, 0.25) is 0 Å². The van der Waals surface area contributed by atoms with Crippen LogP contribution in [0.3, 0.4) is 0 Å². The van der Waals surface area contributed by atoms with Crippen molar-refractivity contribution >= 4 is 10.9 Å². The molecule has 0 saturated heterocycles. The lowest BCUT2D eigenvalue weighted by Gasteiger charge is -2.12. The molecule has 0 amide bonds. The number of benzene rings is 1. The van der Waals surface area contributed by atoms with Gasteiger partial charge in [0.2, 0.25) is 0 Å². The molecule has 3 rings (SSSR count). The van der Waals surface area contributed by atoms with Gasteiger partial charge in [-0.05, 0) is 24.6 Å². The van der Waals surface area contributed by atoms with E-state index in [4.69, 9.17) is 5.73 Å². The maximum Gasteiger partial charge on any atom is 0.0702 e. The summed E-state index contributed by atoms with van der Waals surface area (Å²) in [6.45, 7) is 2.02. The SMILES string of the molecule is Cc1c(C(N)c2cnc3ccccc3c2)cnn1C. The number of aromatic nitrogens is 3. The Morgan fingerprint density at radius 2 is 2.00 bits per heavy atom. The molecule has 4 nitrogen and oxygen atoms in total. The minimum atomic E-state index is -0.189. The molecule has 0 saturated carbocycles.